The van der Waals surface area contributed by atoms with E-state index in [1.54, 1.807) is 24.8 Å². The van der Waals surface area contributed by atoms with Crippen molar-refractivity contribution in [3.05, 3.63) is 71.9 Å². The molecule has 0 radical (unpaired) electrons. The van der Waals surface area contributed by atoms with Crippen LogP contribution < -0.4 is 21.7 Å². The number of amides is 1. The van der Waals surface area contributed by atoms with Crippen LogP contribution in [0.2, 0.25) is 0 Å². The Kier molecular flexibility index (Phi) is 7.94. The van der Waals surface area contributed by atoms with E-state index in [9.17, 15) is 4.79 Å². The monoisotopic (exact) mass is 505 g/mol. The van der Waals surface area contributed by atoms with Crippen molar-refractivity contribution < 1.29 is 4.79 Å². The van der Waals surface area contributed by atoms with Gasteiger partial charge >= 0.3 is 0 Å². The fourth-order valence-electron chi connectivity index (χ4n) is 3.35. The van der Waals surface area contributed by atoms with Crippen molar-refractivity contribution >= 4 is 52.6 Å². The van der Waals surface area contributed by atoms with Crippen LogP contribution in [0.1, 0.15) is 23.7 Å². The number of thioether (sulfide) groups is 1. The third-order valence-electron chi connectivity index (χ3n) is 5.15. The van der Waals surface area contributed by atoms with Crippen molar-refractivity contribution in [2.24, 2.45) is 16.5 Å². The molecule has 1 aliphatic rings. The molecule has 1 amide bonds. The van der Waals surface area contributed by atoms with E-state index in [1.807, 2.05) is 60.9 Å². The molecule has 0 saturated carbocycles. The Morgan fingerprint density at radius 2 is 1.86 bits per heavy atom. The summed E-state index contributed by atoms with van der Waals surface area (Å²) in [6.07, 6.45) is 4.69. The average molecular weight is 506 g/mol. The Bertz CT molecular complexity index is 1270. The van der Waals surface area contributed by atoms with Crippen LogP contribution in [0.25, 0.3) is 0 Å². The standard InChI is InChI=1S/C25H27N7OS2/c1-16(26)14-21(27)29-22-15-23(32-12-5-13-32)31-25(30-22)35-18-10-8-17(9-11-18)28-24(33)19-6-3-4-7-20(19)34-2/h3-4,6-11,14-15H,5,12-13,26H2,1-2H3,(H,28,33)(H2,27,29,30,31)/b16-14-. The lowest BCUT2D eigenvalue weighted by Crippen LogP contribution is -2.37. The van der Waals surface area contributed by atoms with Gasteiger partial charge in [-0.05, 0) is 73.8 Å². The molecule has 1 saturated heterocycles. The molecule has 10 heteroatoms. The fourth-order valence-corrected chi connectivity index (χ4v) is 4.71. The number of anilines is 2. The molecule has 35 heavy (non-hydrogen) atoms. The number of nitrogens with one attached hydrogen (secondary N) is 1. The van der Waals surface area contributed by atoms with Gasteiger partial charge < -0.3 is 21.7 Å². The molecule has 0 atom stereocenters. The minimum atomic E-state index is -0.136. The zero-order valence-electron chi connectivity index (χ0n) is 19.6. The van der Waals surface area contributed by atoms with Gasteiger partial charge in [0.25, 0.3) is 5.91 Å². The van der Waals surface area contributed by atoms with Crippen LogP contribution in [-0.4, -0.2) is 41.1 Å². The predicted octanol–water partition coefficient (Wildman–Crippen LogP) is 4.66. The summed E-state index contributed by atoms with van der Waals surface area (Å²) in [5, 5.41) is 3.53. The quantitative estimate of drug-likeness (QED) is 0.175. The van der Waals surface area contributed by atoms with E-state index in [1.165, 1.54) is 11.8 Å². The van der Waals surface area contributed by atoms with Crippen molar-refractivity contribution in [1.29, 1.82) is 0 Å². The van der Waals surface area contributed by atoms with E-state index in [0.717, 1.165) is 35.1 Å². The normalized spacial score (nSPS) is 13.9. The van der Waals surface area contributed by atoms with Gasteiger partial charge in [-0.25, -0.2) is 15.0 Å². The van der Waals surface area contributed by atoms with Crippen LogP contribution in [0, 0.1) is 0 Å². The Morgan fingerprint density at radius 1 is 1.11 bits per heavy atom. The summed E-state index contributed by atoms with van der Waals surface area (Å²) >= 11 is 2.97. The number of hydrogen-bond donors (Lipinski definition) is 3. The largest absolute Gasteiger partial charge is 0.402 e. The maximum absolute atomic E-state index is 12.7. The number of carbonyl (C=O) groups excluding carboxylic acids is 1. The van der Waals surface area contributed by atoms with Gasteiger partial charge in [0.15, 0.2) is 11.0 Å². The van der Waals surface area contributed by atoms with Gasteiger partial charge in [-0.3, -0.25) is 4.79 Å². The van der Waals surface area contributed by atoms with Crippen LogP contribution in [0.15, 0.2) is 86.3 Å². The molecule has 1 aliphatic heterocycles. The molecule has 1 aromatic heterocycles. The summed E-state index contributed by atoms with van der Waals surface area (Å²) in [5.74, 6) is 1.46. The average Bonchev–Trinajstić information content (AvgIpc) is 2.78. The topological polar surface area (TPSA) is 123 Å². The van der Waals surface area contributed by atoms with E-state index in [-0.39, 0.29) is 11.7 Å². The van der Waals surface area contributed by atoms with Crippen LogP contribution in [-0.2, 0) is 0 Å². The number of nitrogens with two attached hydrogens (primary N) is 2. The second-order valence-corrected chi connectivity index (χ2v) is 9.80. The molecular formula is C25H27N7OS2. The summed E-state index contributed by atoms with van der Waals surface area (Å²) in [6.45, 7) is 3.66. The van der Waals surface area contributed by atoms with E-state index >= 15 is 0 Å². The number of hydrogen-bond acceptors (Lipinski definition) is 8. The maximum atomic E-state index is 12.7. The molecule has 0 unspecified atom stereocenters. The highest BCUT2D eigenvalue weighted by Gasteiger charge is 2.18. The molecule has 3 aromatic rings. The van der Waals surface area contributed by atoms with Gasteiger partial charge in [0.1, 0.15) is 11.7 Å². The minimum absolute atomic E-state index is 0.136. The number of amidine groups is 1. The first kappa shape index (κ1) is 24.6. The molecule has 2 aromatic carbocycles. The highest BCUT2D eigenvalue weighted by Crippen LogP contribution is 2.31. The van der Waals surface area contributed by atoms with E-state index in [0.29, 0.717) is 27.9 Å². The third-order valence-corrected chi connectivity index (χ3v) is 6.82. The van der Waals surface area contributed by atoms with Crippen LogP contribution in [0.4, 0.5) is 17.3 Å². The molecule has 0 bridgehead atoms. The van der Waals surface area contributed by atoms with Gasteiger partial charge in [0.05, 0.1) is 5.56 Å². The van der Waals surface area contributed by atoms with Gasteiger partial charge in [0.2, 0.25) is 0 Å². The van der Waals surface area contributed by atoms with Crippen molar-refractivity contribution in [3.63, 3.8) is 0 Å². The predicted molar refractivity (Wildman–Crippen MR) is 145 cm³/mol. The molecule has 0 aliphatic carbocycles. The van der Waals surface area contributed by atoms with Crippen LogP contribution >= 0.6 is 23.5 Å². The van der Waals surface area contributed by atoms with Gasteiger partial charge in [-0.2, -0.15) is 0 Å². The van der Waals surface area contributed by atoms with Crippen molar-refractivity contribution in [2.45, 2.75) is 28.3 Å². The van der Waals surface area contributed by atoms with E-state index in [2.05, 4.69) is 20.2 Å². The number of rotatable bonds is 8. The van der Waals surface area contributed by atoms with E-state index < -0.39 is 0 Å². The van der Waals surface area contributed by atoms with Gasteiger partial charge in [-0.1, -0.05) is 12.1 Å². The van der Waals surface area contributed by atoms with Gasteiger partial charge in [0, 0.05) is 40.3 Å². The lowest BCUT2D eigenvalue weighted by Gasteiger charge is -2.32. The van der Waals surface area contributed by atoms with Gasteiger partial charge in [-0.15, -0.1) is 11.8 Å². The lowest BCUT2D eigenvalue weighted by molar-refractivity contribution is 0.102. The Morgan fingerprint density at radius 3 is 2.51 bits per heavy atom. The molecule has 2 heterocycles. The van der Waals surface area contributed by atoms with E-state index in [4.69, 9.17) is 16.5 Å². The fraction of sp³-hybridized carbons (Fsp3) is 0.200. The number of allylic oxidation sites excluding steroid dienone is 1. The number of aliphatic imine (C=N–C) groups is 1. The zero-order valence-corrected chi connectivity index (χ0v) is 21.2. The van der Waals surface area contributed by atoms with Crippen LogP contribution in [0.3, 0.4) is 0 Å². The molecule has 180 valence electrons. The summed E-state index contributed by atoms with van der Waals surface area (Å²) in [4.78, 5) is 30.4. The first-order valence-corrected chi connectivity index (χ1v) is 13.1. The first-order valence-electron chi connectivity index (χ1n) is 11.1. The summed E-state index contributed by atoms with van der Waals surface area (Å²) in [6, 6.07) is 17.0. The van der Waals surface area contributed by atoms with Crippen molar-refractivity contribution in [3.8, 4) is 0 Å². The Hall–Kier alpha value is -3.50. The maximum Gasteiger partial charge on any atom is 0.256 e. The summed E-state index contributed by atoms with van der Waals surface area (Å²) in [7, 11) is 0. The highest BCUT2D eigenvalue weighted by molar-refractivity contribution is 7.99. The number of carbonyl (C=O) groups is 1. The van der Waals surface area contributed by atoms with Crippen molar-refractivity contribution in [2.75, 3.05) is 29.6 Å². The second-order valence-electron chi connectivity index (χ2n) is 7.91. The van der Waals surface area contributed by atoms with Crippen molar-refractivity contribution in [1.82, 2.24) is 9.97 Å². The molecule has 1 fully saturated rings. The SMILES string of the molecule is CSc1ccccc1C(=O)Nc1ccc(Sc2nc(/N=C(N)/C=C(/C)N)cc(N3CCC3)n2)cc1. The molecule has 5 N–H and O–H groups in total. The zero-order chi connectivity index (χ0) is 24.8. The Labute approximate surface area is 213 Å². The number of benzene rings is 2. The Balaban J connectivity index is 1.51. The second kappa shape index (κ2) is 11.3. The number of aromatic nitrogens is 2. The molecule has 0 spiro atoms. The first-order chi connectivity index (χ1) is 16.9. The molecule has 4 rings (SSSR count). The highest BCUT2D eigenvalue weighted by atomic mass is 32.2. The van der Waals surface area contributed by atoms with Crippen LogP contribution in [0.5, 0.6) is 0 Å². The molecule has 8 nitrogen and oxygen atoms in total. The molecular weight excluding hydrogens is 478 g/mol. The lowest BCUT2D eigenvalue weighted by atomic mass is 10.2. The summed E-state index contributed by atoms with van der Waals surface area (Å²) in [5.41, 5.74) is 13.6. The third kappa shape index (κ3) is 6.55. The smallest absolute Gasteiger partial charge is 0.256 e. The summed E-state index contributed by atoms with van der Waals surface area (Å²) < 4.78 is 0. The number of nitrogens with zero attached hydrogens (tertiary/aromatic N) is 4. The minimum Gasteiger partial charge on any atom is -0.402 e.